The molecule has 2 aromatic rings. The normalized spacial score (nSPS) is 18.4. The summed E-state index contributed by atoms with van der Waals surface area (Å²) >= 11 is 1.27. The van der Waals surface area contributed by atoms with Crippen LogP contribution in [0.25, 0.3) is 6.08 Å². The van der Waals surface area contributed by atoms with Crippen LogP contribution in [0.3, 0.4) is 0 Å². The molecule has 4 rings (SSSR count). The van der Waals surface area contributed by atoms with E-state index in [0.717, 1.165) is 11.1 Å². The molecule has 0 spiro atoms. The molecule has 1 fully saturated rings. The SMILES string of the molecule is Cc1cc2c(cc1/C=C1/SC(=Nc3ccc(C(=O)O)cc3)N(C)C1=O)OCO2. The van der Waals surface area contributed by atoms with Gasteiger partial charge in [0.15, 0.2) is 16.7 Å². The summed E-state index contributed by atoms with van der Waals surface area (Å²) in [6.07, 6.45) is 1.82. The Morgan fingerprint density at radius 2 is 1.89 bits per heavy atom. The number of aryl methyl sites for hydroxylation is 1. The number of ether oxygens (including phenoxy) is 2. The highest BCUT2D eigenvalue weighted by Gasteiger charge is 2.30. The standard InChI is InChI=1S/C20H16N2O5S/c1-11-7-15-16(27-10-26-15)8-13(11)9-17-18(23)22(2)20(28-17)21-14-5-3-12(4-6-14)19(24)25/h3-9H,10H2,1-2H3,(H,24,25)/b17-9+,21-20?. The number of hydrogen-bond acceptors (Lipinski definition) is 6. The lowest BCUT2D eigenvalue weighted by atomic mass is 10.1. The predicted molar refractivity (Wildman–Crippen MR) is 106 cm³/mol. The number of aliphatic imine (C=N–C) groups is 1. The van der Waals surface area contributed by atoms with Gasteiger partial charge in [0.2, 0.25) is 6.79 Å². The zero-order valence-electron chi connectivity index (χ0n) is 15.1. The van der Waals surface area contributed by atoms with Crippen molar-refractivity contribution in [2.45, 2.75) is 6.92 Å². The Morgan fingerprint density at radius 1 is 1.21 bits per heavy atom. The molecule has 2 aromatic carbocycles. The van der Waals surface area contributed by atoms with Crippen molar-refractivity contribution in [2.24, 2.45) is 4.99 Å². The van der Waals surface area contributed by atoms with E-state index in [9.17, 15) is 9.59 Å². The summed E-state index contributed by atoms with van der Waals surface area (Å²) in [7, 11) is 1.66. The third kappa shape index (κ3) is 3.34. The molecule has 142 valence electrons. The number of amidine groups is 1. The fourth-order valence-electron chi connectivity index (χ4n) is 2.80. The van der Waals surface area contributed by atoms with Crippen LogP contribution in [0.5, 0.6) is 11.5 Å². The smallest absolute Gasteiger partial charge is 0.335 e. The van der Waals surface area contributed by atoms with Gasteiger partial charge in [0.25, 0.3) is 5.91 Å². The molecule has 7 nitrogen and oxygen atoms in total. The Kier molecular flexibility index (Phi) is 4.56. The highest BCUT2D eigenvalue weighted by atomic mass is 32.2. The summed E-state index contributed by atoms with van der Waals surface area (Å²) < 4.78 is 10.8. The molecule has 0 saturated carbocycles. The number of carbonyl (C=O) groups is 2. The van der Waals surface area contributed by atoms with Gasteiger partial charge in [-0.3, -0.25) is 9.69 Å². The van der Waals surface area contributed by atoms with Crippen LogP contribution in [0.1, 0.15) is 21.5 Å². The molecule has 0 bridgehead atoms. The van der Waals surface area contributed by atoms with Gasteiger partial charge in [-0.15, -0.1) is 0 Å². The van der Waals surface area contributed by atoms with Gasteiger partial charge in [-0.25, -0.2) is 9.79 Å². The lowest BCUT2D eigenvalue weighted by Gasteiger charge is -2.07. The van der Waals surface area contributed by atoms with E-state index in [4.69, 9.17) is 14.6 Å². The van der Waals surface area contributed by atoms with Crippen molar-refractivity contribution in [1.82, 2.24) is 4.90 Å². The first-order valence-electron chi connectivity index (χ1n) is 8.42. The number of carboxylic acids is 1. The molecule has 2 aliphatic heterocycles. The Labute approximate surface area is 165 Å². The largest absolute Gasteiger partial charge is 0.478 e. The summed E-state index contributed by atoms with van der Waals surface area (Å²) in [5, 5.41) is 9.50. The van der Waals surface area contributed by atoms with Crippen LogP contribution < -0.4 is 9.47 Å². The first kappa shape index (κ1) is 18.1. The van der Waals surface area contributed by atoms with Gasteiger partial charge in [0.05, 0.1) is 16.2 Å². The van der Waals surface area contributed by atoms with Gasteiger partial charge in [-0.1, -0.05) is 0 Å². The number of benzene rings is 2. The molecule has 0 aromatic heterocycles. The van der Waals surface area contributed by atoms with E-state index in [-0.39, 0.29) is 18.3 Å². The van der Waals surface area contributed by atoms with Crippen molar-refractivity contribution in [1.29, 1.82) is 0 Å². The maximum absolute atomic E-state index is 12.6. The molecule has 0 unspecified atom stereocenters. The van der Waals surface area contributed by atoms with Crippen molar-refractivity contribution in [3.63, 3.8) is 0 Å². The Hall–Kier alpha value is -3.26. The number of amides is 1. The van der Waals surface area contributed by atoms with Crippen molar-refractivity contribution in [2.75, 3.05) is 13.8 Å². The van der Waals surface area contributed by atoms with Crippen LogP contribution in [-0.4, -0.2) is 40.9 Å². The van der Waals surface area contributed by atoms with Crippen LogP contribution >= 0.6 is 11.8 Å². The topological polar surface area (TPSA) is 88.4 Å². The van der Waals surface area contributed by atoms with Gasteiger partial charge >= 0.3 is 5.97 Å². The zero-order valence-corrected chi connectivity index (χ0v) is 15.9. The second kappa shape index (κ2) is 7.05. The zero-order chi connectivity index (χ0) is 19.8. The number of likely N-dealkylation sites (N-methyl/N-ethyl adjacent to an activating group) is 1. The number of nitrogens with zero attached hydrogens (tertiary/aromatic N) is 2. The van der Waals surface area contributed by atoms with Crippen LogP contribution in [0.4, 0.5) is 5.69 Å². The number of fused-ring (bicyclic) bond motifs is 1. The number of rotatable bonds is 3. The second-order valence-electron chi connectivity index (χ2n) is 6.28. The third-order valence-electron chi connectivity index (χ3n) is 4.39. The van der Waals surface area contributed by atoms with Crippen LogP contribution in [0.15, 0.2) is 46.3 Å². The second-order valence-corrected chi connectivity index (χ2v) is 7.29. The molecule has 1 saturated heterocycles. The summed E-state index contributed by atoms with van der Waals surface area (Å²) in [6.45, 7) is 2.14. The number of aromatic carboxylic acids is 1. The molecule has 2 heterocycles. The molecule has 2 aliphatic rings. The summed E-state index contributed by atoms with van der Waals surface area (Å²) in [4.78, 5) is 30.1. The van der Waals surface area contributed by atoms with Crippen LogP contribution in [0, 0.1) is 6.92 Å². The van der Waals surface area contributed by atoms with Crippen molar-refractivity contribution >= 4 is 40.6 Å². The van der Waals surface area contributed by atoms with E-state index in [1.807, 2.05) is 25.1 Å². The van der Waals surface area contributed by atoms with E-state index >= 15 is 0 Å². The van der Waals surface area contributed by atoms with E-state index in [2.05, 4.69) is 4.99 Å². The number of carbonyl (C=O) groups excluding carboxylic acids is 1. The van der Waals surface area contributed by atoms with E-state index in [0.29, 0.717) is 27.3 Å². The highest BCUT2D eigenvalue weighted by molar-refractivity contribution is 8.18. The molecule has 0 radical (unpaired) electrons. The van der Waals surface area contributed by atoms with Crippen molar-refractivity contribution in [3.8, 4) is 11.5 Å². The fraction of sp³-hybridized carbons (Fsp3) is 0.150. The highest BCUT2D eigenvalue weighted by Crippen LogP contribution is 2.38. The number of hydrogen-bond donors (Lipinski definition) is 1. The average molecular weight is 396 g/mol. The molecule has 1 N–H and O–H groups in total. The van der Waals surface area contributed by atoms with Gasteiger partial charge in [0, 0.05) is 7.05 Å². The van der Waals surface area contributed by atoms with E-state index in [1.165, 1.54) is 28.8 Å². The van der Waals surface area contributed by atoms with Gasteiger partial charge in [0.1, 0.15) is 0 Å². The van der Waals surface area contributed by atoms with Crippen LogP contribution in [0.2, 0.25) is 0 Å². The maximum Gasteiger partial charge on any atom is 0.335 e. The molecule has 1 amide bonds. The summed E-state index contributed by atoms with van der Waals surface area (Å²) in [5.41, 5.74) is 2.61. The van der Waals surface area contributed by atoms with Crippen molar-refractivity contribution < 1.29 is 24.2 Å². The fourth-order valence-corrected chi connectivity index (χ4v) is 3.77. The maximum atomic E-state index is 12.6. The third-order valence-corrected chi connectivity index (χ3v) is 5.45. The lowest BCUT2D eigenvalue weighted by Crippen LogP contribution is -2.23. The van der Waals surface area contributed by atoms with E-state index < -0.39 is 5.97 Å². The Balaban J connectivity index is 1.62. The Bertz CT molecular complexity index is 1040. The average Bonchev–Trinajstić information content (AvgIpc) is 3.22. The van der Waals surface area contributed by atoms with Gasteiger partial charge in [-0.05, 0) is 72.3 Å². The lowest BCUT2D eigenvalue weighted by molar-refractivity contribution is -0.121. The van der Waals surface area contributed by atoms with Crippen molar-refractivity contribution in [3.05, 3.63) is 58.0 Å². The molecule has 0 atom stereocenters. The molecular formula is C20H16N2O5S. The number of thioether (sulfide) groups is 1. The monoisotopic (exact) mass is 396 g/mol. The molecule has 0 aliphatic carbocycles. The minimum atomic E-state index is -0.994. The first-order valence-corrected chi connectivity index (χ1v) is 9.24. The van der Waals surface area contributed by atoms with Gasteiger partial charge in [-0.2, -0.15) is 0 Å². The van der Waals surface area contributed by atoms with E-state index in [1.54, 1.807) is 19.2 Å². The number of carboxylic acid groups (broad SMARTS) is 1. The minimum absolute atomic E-state index is 0.150. The van der Waals surface area contributed by atoms with Crippen LogP contribution in [-0.2, 0) is 4.79 Å². The molecule has 8 heteroatoms. The summed E-state index contributed by atoms with van der Waals surface area (Å²) in [5.74, 6) is 0.219. The minimum Gasteiger partial charge on any atom is -0.478 e. The predicted octanol–water partition coefficient (Wildman–Crippen LogP) is 3.66. The quantitative estimate of drug-likeness (QED) is 0.797. The Morgan fingerprint density at radius 3 is 2.57 bits per heavy atom. The van der Waals surface area contributed by atoms with Gasteiger partial charge < -0.3 is 14.6 Å². The first-order chi connectivity index (χ1) is 13.4. The summed E-state index contributed by atoms with van der Waals surface area (Å²) in [6, 6.07) is 9.93. The molecular weight excluding hydrogens is 380 g/mol. The molecule has 28 heavy (non-hydrogen) atoms.